The predicted octanol–water partition coefficient (Wildman–Crippen LogP) is 5.59. The second-order valence-electron chi connectivity index (χ2n) is 8.22. The van der Waals surface area contributed by atoms with Gasteiger partial charge in [0, 0.05) is 0 Å². The van der Waals surface area contributed by atoms with Gasteiger partial charge in [0.2, 0.25) is 0 Å². The van der Waals surface area contributed by atoms with Crippen molar-refractivity contribution in [2.45, 2.75) is 64.9 Å². The molecular formula is C14H34P2Si. The molecule has 0 rings (SSSR count). The van der Waals surface area contributed by atoms with Crippen LogP contribution in [0.25, 0.3) is 0 Å². The third kappa shape index (κ3) is 7.29. The topological polar surface area (TPSA) is 0 Å². The van der Waals surface area contributed by atoms with Crippen molar-refractivity contribution in [3.63, 3.8) is 0 Å². The molecule has 0 N–H and O–H groups in total. The van der Waals surface area contributed by atoms with Crippen LogP contribution in [0, 0.1) is 0 Å². The lowest BCUT2D eigenvalue weighted by atomic mass is 10.3. The van der Waals surface area contributed by atoms with Crippen molar-refractivity contribution in [1.29, 1.82) is 0 Å². The lowest BCUT2D eigenvalue weighted by molar-refractivity contribution is 0.785. The van der Waals surface area contributed by atoms with Crippen LogP contribution in [-0.2, 0) is 0 Å². The van der Waals surface area contributed by atoms with Gasteiger partial charge < -0.3 is 0 Å². The third-order valence-corrected chi connectivity index (χ3v) is 18.8. The molecule has 0 nitrogen and oxygen atoms in total. The first-order valence-corrected chi connectivity index (χ1v) is 14.0. The van der Waals surface area contributed by atoms with Gasteiger partial charge in [0.1, 0.15) is 0 Å². The fourth-order valence-electron chi connectivity index (χ4n) is 1.81. The Morgan fingerprint density at radius 2 is 0.941 bits per heavy atom. The van der Waals surface area contributed by atoms with Gasteiger partial charge in [-0.25, -0.2) is 0 Å². The molecule has 0 bridgehead atoms. The van der Waals surface area contributed by atoms with E-state index in [1.165, 1.54) is 0 Å². The quantitative estimate of drug-likeness (QED) is 0.468. The van der Waals surface area contributed by atoms with Crippen LogP contribution in [0.15, 0.2) is 0 Å². The Morgan fingerprint density at radius 3 is 1.12 bits per heavy atom. The molecule has 104 valence electrons. The standard InChI is InChI=1S/C14H34P2Si/c1-13(2,3)15(7)11-17(9,10)12-16(8)14(4,5)6/h11-12H2,1-10H3. The van der Waals surface area contributed by atoms with Crippen LogP contribution < -0.4 is 0 Å². The molecule has 0 fully saturated rings. The van der Waals surface area contributed by atoms with E-state index in [4.69, 9.17) is 0 Å². The highest BCUT2D eigenvalue weighted by atomic mass is 31.1. The van der Waals surface area contributed by atoms with Gasteiger partial charge in [-0.05, 0) is 35.2 Å². The summed E-state index contributed by atoms with van der Waals surface area (Å²) in [4.78, 5) is 0. The van der Waals surface area contributed by atoms with Crippen LogP contribution in [-0.4, -0.2) is 43.3 Å². The molecule has 0 aliphatic carbocycles. The van der Waals surface area contributed by atoms with Gasteiger partial charge in [-0.15, -0.1) is 15.8 Å². The van der Waals surface area contributed by atoms with Crippen LogP contribution in [0.3, 0.4) is 0 Å². The Kier molecular flexibility index (Phi) is 6.40. The van der Waals surface area contributed by atoms with Gasteiger partial charge in [0.25, 0.3) is 0 Å². The molecule has 0 spiro atoms. The summed E-state index contributed by atoms with van der Waals surface area (Å²) < 4.78 is 0. The largest absolute Gasteiger partial charge is 0.107 e. The van der Waals surface area contributed by atoms with E-state index in [0.717, 1.165) is 0 Å². The number of hydrogen-bond donors (Lipinski definition) is 0. The molecule has 0 aliphatic heterocycles. The van der Waals surface area contributed by atoms with E-state index in [1.807, 2.05) is 0 Å². The smallest absolute Gasteiger partial charge is 0.0559 e. The van der Waals surface area contributed by atoms with Gasteiger partial charge in [-0.3, -0.25) is 0 Å². The molecule has 0 saturated carbocycles. The molecule has 0 saturated heterocycles. The van der Waals surface area contributed by atoms with Crippen molar-refractivity contribution in [3.8, 4) is 0 Å². The van der Waals surface area contributed by atoms with E-state index in [-0.39, 0.29) is 15.8 Å². The van der Waals surface area contributed by atoms with Crippen LogP contribution >= 0.6 is 15.8 Å². The third-order valence-electron chi connectivity index (χ3n) is 3.62. The van der Waals surface area contributed by atoms with Crippen LogP contribution in [0.2, 0.25) is 13.1 Å². The average molecular weight is 292 g/mol. The van der Waals surface area contributed by atoms with Crippen LogP contribution in [0.4, 0.5) is 0 Å². The van der Waals surface area contributed by atoms with Crippen molar-refractivity contribution in [3.05, 3.63) is 0 Å². The number of rotatable bonds is 4. The van der Waals surface area contributed by atoms with Gasteiger partial charge in [0.15, 0.2) is 0 Å². The van der Waals surface area contributed by atoms with Gasteiger partial charge in [-0.2, -0.15) is 0 Å². The minimum Gasteiger partial charge on any atom is -0.107 e. The van der Waals surface area contributed by atoms with Crippen LogP contribution in [0.5, 0.6) is 0 Å². The van der Waals surface area contributed by atoms with E-state index in [2.05, 4.69) is 68.0 Å². The molecule has 0 aromatic heterocycles. The summed E-state index contributed by atoms with van der Waals surface area (Å²) in [7, 11) is -0.599. The molecule has 0 radical (unpaired) electrons. The van der Waals surface area contributed by atoms with E-state index in [1.54, 1.807) is 11.6 Å². The maximum atomic E-state index is 2.61. The number of hydrogen-bond acceptors (Lipinski definition) is 0. The van der Waals surface area contributed by atoms with Gasteiger partial charge in [-0.1, -0.05) is 54.6 Å². The summed E-state index contributed by atoms with van der Waals surface area (Å²) >= 11 is 0. The maximum Gasteiger partial charge on any atom is 0.0559 e. The highest BCUT2D eigenvalue weighted by Gasteiger charge is 2.33. The molecule has 0 aliphatic rings. The molecule has 0 aromatic carbocycles. The molecular weight excluding hydrogens is 258 g/mol. The SMILES string of the molecule is CP(C[Si](C)(C)CP(C)C(C)(C)C)C(C)(C)C. The summed E-state index contributed by atoms with van der Waals surface area (Å²) in [6.45, 7) is 24.8. The Labute approximate surface area is 114 Å². The van der Waals surface area contributed by atoms with E-state index in [0.29, 0.717) is 10.3 Å². The first-order chi connectivity index (χ1) is 7.26. The normalized spacial score (nSPS) is 18.0. The fraction of sp³-hybridized carbons (Fsp3) is 1.00. The zero-order valence-electron chi connectivity index (χ0n) is 13.8. The monoisotopic (exact) mass is 292 g/mol. The molecule has 3 heteroatoms. The molecule has 2 unspecified atom stereocenters. The Hall–Kier alpha value is 1.08. The van der Waals surface area contributed by atoms with Gasteiger partial charge in [0.05, 0.1) is 8.07 Å². The second kappa shape index (κ2) is 6.02. The summed E-state index contributed by atoms with van der Waals surface area (Å²) in [5.74, 6) is 3.10. The van der Waals surface area contributed by atoms with Crippen LogP contribution in [0.1, 0.15) is 41.5 Å². The zero-order chi connectivity index (χ0) is 14.1. The van der Waals surface area contributed by atoms with Crippen molar-refractivity contribution < 1.29 is 0 Å². The molecule has 0 amide bonds. The zero-order valence-corrected chi connectivity index (χ0v) is 16.6. The minimum atomic E-state index is -0.991. The minimum absolute atomic E-state index is 0.196. The Bertz CT molecular complexity index is 212. The van der Waals surface area contributed by atoms with Crippen molar-refractivity contribution in [2.24, 2.45) is 0 Å². The van der Waals surface area contributed by atoms with Crippen molar-refractivity contribution in [2.75, 3.05) is 24.9 Å². The fourth-order valence-corrected chi connectivity index (χ4v) is 17.2. The summed E-state index contributed by atoms with van der Waals surface area (Å²) in [6, 6.07) is 0. The molecule has 17 heavy (non-hydrogen) atoms. The first-order valence-electron chi connectivity index (χ1n) is 6.68. The Balaban J connectivity index is 4.50. The van der Waals surface area contributed by atoms with E-state index >= 15 is 0 Å². The molecule has 0 heterocycles. The van der Waals surface area contributed by atoms with Crippen molar-refractivity contribution in [1.82, 2.24) is 0 Å². The highest BCUT2D eigenvalue weighted by Crippen LogP contribution is 2.52. The maximum absolute atomic E-state index is 2.61. The summed E-state index contributed by atoms with van der Waals surface area (Å²) in [5.41, 5.74) is 0. The lowest BCUT2D eigenvalue weighted by Crippen LogP contribution is -2.38. The lowest BCUT2D eigenvalue weighted by Gasteiger charge is -2.38. The Morgan fingerprint density at radius 1 is 0.706 bits per heavy atom. The molecule has 2 atom stereocenters. The second-order valence-corrected chi connectivity index (χ2v) is 20.6. The summed E-state index contributed by atoms with van der Waals surface area (Å²) in [5, 5.41) is 1.08. The van der Waals surface area contributed by atoms with Crippen molar-refractivity contribution >= 4 is 23.9 Å². The predicted molar refractivity (Wildman–Crippen MR) is 92.4 cm³/mol. The summed E-state index contributed by atoms with van der Waals surface area (Å²) in [6.07, 6.45) is 0. The van der Waals surface area contributed by atoms with E-state index in [9.17, 15) is 0 Å². The molecule has 0 aromatic rings. The van der Waals surface area contributed by atoms with E-state index < -0.39 is 8.07 Å². The van der Waals surface area contributed by atoms with Gasteiger partial charge >= 0.3 is 0 Å². The average Bonchev–Trinajstić information content (AvgIpc) is 1.97. The first kappa shape index (κ1) is 18.1. The highest BCUT2D eigenvalue weighted by molar-refractivity contribution is 7.64.